The van der Waals surface area contributed by atoms with Crippen molar-refractivity contribution < 1.29 is 5.11 Å². The summed E-state index contributed by atoms with van der Waals surface area (Å²) < 4.78 is 0. The molecule has 0 aromatic heterocycles. The first-order valence-electron chi connectivity index (χ1n) is 4.47. The van der Waals surface area contributed by atoms with Crippen LogP contribution >= 0.6 is 0 Å². The molecule has 0 aliphatic heterocycles. The Hall–Kier alpha value is -0.300. The maximum atomic E-state index is 9.63. The Morgan fingerprint density at radius 1 is 1.27 bits per heavy atom. The Balaban J connectivity index is 2.62. The van der Waals surface area contributed by atoms with Gasteiger partial charge in [0.15, 0.2) is 0 Å². The van der Waals surface area contributed by atoms with E-state index in [1.165, 1.54) is 5.57 Å². The molecule has 1 fully saturated rings. The van der Waals surface area contributed by atoms with Gasteiger partial charge in [-0.05, 0) is 31.6 Å². The van der Waals surface area contributed by atoms with Crippen molar-refractivity contribution in [3.63, 3.8) is 0 Å². The number of aliphatic hydroxyl groups excluding tert-OH is 1. The van der Waals surface area contributed by atoms with Crippen LogP contribution in [0.4, 0.5) is 0 Å². The van der Waals surface area contributed by atoms with E-state index in [-0.39, 0.29) is 6.10 Å². The largest absolute Gasteiger partial charge is 0.393 e. The van der Waals surface area contributed by atoms with Crippen LogP contribution in [-0.2, 0) is 0 Å². The first kappa shape index (κ1) is 8.79. The molecule has 1 rings (SSSR count). The van der Waals surface area contributed by atoms with E-state index >= 15 is 0 Å². The third-order valence-corrected chi connectivity index (χ3v) is 2.74. The summed E-state index contributed by atoms with van der Waals surface area (Å²) in [5.74, 6) is 0.898. The predicted octanol–water partition coefficient (Wildman–Crippen LogP) is 2.36. The van der Waals surface area contributed by atoms with Crippen LogP contribution in [0.15, 0.2) is 11.6 Å². The highest BCUT2D eigenvalue weighted by molar-refractivity contribution is 5.07. The van der Waals surface area contributed by atoms with Gasteiger partial charge in [-0.15, -0.1) is 0 Å². The number of rotatable bonds is 0. The maximum Gasteiger partial charge on any atom is 0.0597 e. The summed E-state index contributed by atoms with van der Waals surface area (Å²) in [4.78, 5) is 0. The molecule has 1 heteroatoms. The third-order valence-electron chi connectivity index (χ3n) is 2.74. The van der Waals surface area contributed by atoms with Gasteiger partial charge < -0.3 is 5.11 Å². The van der Waals surface area contributed by atoms with Gasteiger partial charge in [0.1, 0.15) is 0 Å². The van der Waals surface area contributed by atoms with Crippen LogP contribution in [0, 0.1) is 11.8 Å². The van der Waals surface area contributed by atoms with Crippen molar-refractivity contribution in [2.75, 3.05) is 0 Å². The Kier molecular flexibility index (Phi) is 2.72. The molecule has 0 radical (unpaired) electrons. The second-order valence-electron chi connectivity index (χ2n) is 3.80. The lowest BCUT2D eigenvalue weighted by molar-refractivity contribution is 0.0494. The third kappa shape index (κ3) is 1.84. The van der Waals surface area contributed by atoms with E-state index < -0.39 is 0 Å². The van der Waals surface area contributed by atoms with Gasteiger partial charge >= 0.3 is 0 Å². The summed E-state index contributed by atoms with van der Waals surface area (Å²) in [5.41, 5.74) is 1.51. The minimum absolute atomic E-state index is 0.0845. The molecular formula is C10H18O. The molecule has 0 aromatic rings. The maximum absolute atomic E-state index is 9.63. The molecule has 0 saturated heterocycles. The lowest BCUT2D eigenvalue weighted by Gasteiger charge is -2.32. The van der Waals surface area contributed by atoms with E-state index in [0.717, 1.165) is 12.8 Å². The summed E-state index contributed by atoms with van der Waals surface area (Å²) >= 11 is 0. The molecule has 0 spiro atoms. The fraction of sp³-hybridized carbons (Fsp3) is 0.800. The Labute approximate surface area is 69.1 Å². The molecule has 1 saturated carbocycles. The summed E-state index contributed by atoms with van der Waals surface area (Å²) in [6, 6.07) is 0. The van der Waals surface area contributed by atoms with Gasteiger partial charge in [-0.1, -0.05) is 25.5 Å². The van der Waals surface area contributed by atoms with Crippen LogP contribution in [0.3, 0.4) is 0 Å². The lowest BCUT2D eigenvalue weighted by Crippen LogP contribution is -2.30. The van der Waals surface area contributed by atoms with Crippen molar-refractivity contribution in [2.24, 2.45) is 11.8 Å². The fourth-order valence-corrected chi connectivity index (χ4v) is 1.95. The van der Waals surface area contributed by atoms with Gasteiger partial charge in [0.05, 0.1) is 6.10 Å². The van der Waals surface area contributed by atoms with E-state index in [9.17, 15) is 5.11 Å². The second kappa shape index (κ2) is 3.40. The topological polar surface area (TPSA) is 20.2 Å². The number of allylic oxidation sites excluding steroid dienone is 2. The monoisotopic (exact) mass is 154 g/mol. The molecule has 1 nitrogen and oxygen atoms in total. The Morgan fingerprint density at radius 2 is 1.73 bits per heavy atom. The lowest BCUT2D eigenvalue weighted by atomic mass is 9.78. The molecule has 1 aliphatic rings. The number of hydrogen-bond donors (Lipinski definition) is 1. The molecule has 2 atom stereocenters. The molecule has 0 aromatic carbocycles. The molecule has 64 valence electrons. The van der Waals surface area contributed by atoms with Crippen LogP contribution in [0.25, 0.3) is 0 Å². The molecule has 1 aliphatic carbocycles. The van der Waals surface area contributed by atoms with Crippen LogP contribution in [-0.4, -0.2) is 11.2 Å². The molecule has 0 amide bonds. The smallest absolute Gasteiger partial charge is 0.0597 e. The van der Waals surface area contributed by atoms with E-state index in [4.69, 9.17) is 0 Å². The Bertz CT molecular complexity index is 146. The zero-order valence-corrected chi connectivity index (χ0v) is 7.67. The van der Waals surface area contributed by atoms with Gasteiger partial charge in [-0.2, -0.15) is 0 Å². The standard InChI is InChI=1S/C10H18O/c1-4-9-5-7(2)10(11)8(3)6-9/h4,7-8,10-11H,5-6H2,1-3H3. The minimum Gasteiger partial charge on any atom is -0.393 e. The zero-order chi connectivity index (χ0) is 8.43. The summed E-state index contributed by atoms with van der Waals surface area (Å²) in [7, 11) is 0. The first-order chi connectivity index (χ1) is 5.15. The summed E-state index contributed by atoms with van der Waals surface area (Å²) in [5, 5.41) is 9.63. The fourth-order valence-electron chi connectivity index (χ4n) is 1.95. The van der Waals surface area contributed by atoms with Crippen molar-refractivity contribution in [1.29, 1.82) is 0 Å². The predicted molar refractivity (Wildman–Crippen MR) is 47.3 cm³/mol. The van der Waals surface area contributed by atoms with Gasteiger partial charge in [-0.3, -0.25) is 0 Å². The SMILES string of the molecule is CC=C1CC(C)C(O)C(C)C1. The molecule has 1 N–H and O–H groups in total. The van der Waals surface area contributed by atoms with E-state index in [0.29, 0.717) is 11.8 Å². The highest BCUT2D eigenvalue weighted by Crippen LogP contribution is 2.32. The van der Waals surface area contributed by atoms with Crippen LogP contribution < -0.4 is 0 Å². The quantitative estimate of drug-likeness (QED) is 0.531. The van der Waals surface area contributed by atoms with Gasteiger partial charge in [0, 0.05) is 0 Å². The van der Waals surface area contributed by atoms with E-state index in [1.807, 2.05) is 0 Å². The highest BCUT2D eigenvalue weighted by atomic mass is 16.3. The summed E-state index contributed by atoms with van der Waals surface area (Å²) in [6.07, 6.45) is 4.28. The number of hydrogen-bond acceptors (Lipinski definition) is 1. The van der Waals surface area contributed by atoms with Crippen molar-refractivity contribution >= 4 is 0 Å². The first-order valence-corrected chi connectivity index (χ1v) is 4.47. The highest BCUT2D eigenvalue weighted by Gasteiger charge is 2.27. The van der Waals surface area contributed by atoms with E-state index in [2.05, 4.69) is 26.8 Å². The second-order valence-corrected chi connectivity index (χ2v) is 3.80. The molecule has 0 heterocycles. The van der Waals surface area contributed by atoms with Gasteiger partial charge in [0.2, 0.25) is 0 Å². The van der Waals surface area contributed by atoms with Crippen molar-refractivity contribution in [3.05, 3.63) is 11.6 Å². The number of aliphatic hydroxyl groups is 1. The Morgan fingerprint density at radius 3 is 2.09 bits per heavy atom. The van der Waals surface area contributed by atoms with Crippen LogP contribution in [0.1, 0.15) is 33.6 Å². The molecule has 0 bridgehead atoms. The molecular weight excluding hydrogens is 136 g/mol. The van der Waals surface area contributed by atoms with Crippen molar-refractivity contribution in [2.45, 2.75) is 39.7 Å². The average Bonchev–Trinajstić information content (AvgIpc) is 1.99. The van der Waals surface area contributed by atoms with Gasteiger partial charge in [-0.25, -0.2) is 0 Å². The molecule has 11 heavy (non-hydrogen) atoms. The molecule has 2 unspecified atom stereocenters. The van der Waals surface area contributed by atoms with Gasteiger partial charge in [0.25, 0.3) is 0 Å². The van der Waals surface area contributed by atoms with Crippen molar-refractivity contribution in [3.8, 4) is 0 Å². The zero-order valence-electron chi connectivity index (χ0n) is 7.67. The van der Waals surface area contributed by atoms with Crippen LogP contribution in [0.5, 0.6) is 0 Å². The minimum atomic E-state index is -0.0845. The normalized spacial score (nSPS) is 38.9. The van der Waals surface area contributed by atoms with Crippen LogP contribution in [0.2, 0.25) is 0 Å². The average molecular weight is 154 g/mol. The van der Waals surface area contributed by atoms with E-state index in [1.54, 1.807) is 0 Å². The summed E-state index contributed by atoms with van der Waals surface area (Å²) in [6.45, 7) is 6.35. The van der Waals surface area contributed by atoms with Crippen molar-refractivity contribution in [1.82, 2.24) is 0 Å².